The molecule has 9 nitrogen and oxygen atoms in total. The quantitative estimate of drug-likeness (QED) is 0.606. The van der Waals surface area contributed by atoms with Crippen LogP contribution in [0.3, 0.4) is 0 Å². The van der Waals surface area contributed by atoms with E-state index < -0.39 is 5.92 Å². The molecule has 1 aromatic heterocycles. The predicted molar refractivity (Wildman–Crippen MR) is 104 cm³/mol. The summed E-state index contributed by atoms with van der Waals surface area (Å²) in [5.41, 5.74) is 8.94. The Labute approximate surface area is 170 Å². The van der Waals surface area contributed by atoms with Crippen LogP contribution in [0, 0.1) is 11.3 Å². The molecule has 3 aromatic rings. The van der Waals surface area contributed by atoms with Crippen molar-refractivity contribution >= 4 is 0 Å². The zero-order chi connectivity index (χ0) is 20.8. The van der Waals surface area contributed by atoms with Gasteiger partial charge in [0, 0.05) is 5.56 Å². The van der Waals surface area contributed by atoms with Crippen LogP contribution in [0.2, 0.25) is 0 Å². The lowest BCUT2D eigenvalue weighted by molar-refractivity contribution is 0.174. The summed E-state index contributed by atoms with van der Waals surface area (Å²) in [6.07, 6.45) is 0. The molecule has 150 valence electrons. The normalized spacial score (nSPS) is 16.6. The Balaban J connectivity index is 1.71. The number of rotatable bonds is 3. The third-order valence-electron chi connectivity index (χ3n) is 5.13. The average molecular weight is 404 g/mol. The minimum atomic E-state index is -0.576. The molecular weight excluding hydrogens is 388 g/mol. The molecule has 9 heteroatoms. The van der Waals surface area contributed by atoms with Gasteiger partial charge in [-0.3, -0.25) is 0 Å². The zero-order valence-corrected chi connectivity index (χ0v) is 15.8. The van der Waals surface area contributed by atoms with E-state index in [1.807, 2.05) is 12.1 Å². The van der Waals surface area contributed by atoms with E-state index in [-0.39, 0.29) is 29.7 Å². The lowest BCUT2D eigenvalue weighted by Crippen LogP contribution is -2.21. The Morgan fingerprint density at radius 1 is 1.23 bits per heavy atom. The van der Waals surface area contributed by atoms with Crippen molar-refractivity contribution in [3.05, 3.63) is 59.0 Å². The molecule has 30 heavy (non-hydrogen) atoms. The van der Waals surface area contributed by atoms with Crippen molar-refractivity contribution in [2.75, 3.05) is 13.9 Å². The van der Waals surface area contributed by atoms with Gasteiger partial charge in [-0.1, -0.05) is 6.07 Å². The van der Waals surface area contributed by atoms with Crippen molar-refractivity contribution in [2.45, 2.75) is 5.92 Å². The highest BCUT2D eigenvalue weighted by Gasteiger charge is 2.36. The van der Waals surface area contributed by atoms with Crippen molar-refractivity contribution in [3.8, 4) is 46.2 Å². The van der Waals surface area contributed by atoms with Crippen LogP contribution in [0.5, 0.6) is 28.9 Å². The van der Waals surface area contributed by atoms with Crippen molar-refractivity contribution in [2.24, 2.45) is 5.73 Å². The monoisotopic (exact) mass is 404 g/mol. The first kappa shape index (κ1) is 17.8. The van der Waals surface area contributed by atoms with Gasteiger partial charge >= 0.3 is 0 Å². The number of nitrogens with two attached hydrogens (primary N) is 1. The third-order valence-corrected chi connectivity index (χ3v) is 5.13. The number of aromatic amines is 1. The second-order valence-corrected chi connectivity index (χ2v) is 6.74. The maximum atomic E-state index is 9.99. The Morgan fingerprint density at radius 3 is 2.87 bits per heavy atom. The first-order valence-corrected chi connectivity index (χ1v) is 9.03. The average Bonchev–Trinajstić information content (AvgIpc) is 3.39. The number of nitriles is 1. The summed E-state index contributed by atoms with van der Waals surface area (Å²) in [6.45, 7) is 0.161. The molecule has 0 bridgehead atoms. The van der Waals surface area contributed by atoms with Gasteiger partial charge in [0.15, 0.2) is 23.0 Å². The Hall–Kier alpha value is -4.32. The number of fused-ring (bicyclic) bond motifs is 2. The van der Waals surface area contributed by atoms with Crippen LogP contribution in [0.15, 0.2) is 47.9 Å². The maximum absolute atomic E-state index is 9.99. The number of ether oxygens (including phenoxy) is 4. The van der Waals surface area contributed by atoms with E-state index >= 15 is 0 Å². The van der Waals surface area contributed by atoms with E-state index in [2.05, 4.69) is 16.3 Å². The van der Waals surface area contributed by atoms with E-state index in [9.17, 15) is 10.4 Å². The summed E-state index contributed by atoms with van der Waals surface area (Å²) in [6, 6.07) is 12.5. The predicted octanol–water partition coefficient (Wildman–Crippen LogP) is 2.74. The van der Waals surface area contributed by atoms with Crippen LogP contribution < -0.4 is 24.7 Å². The molecule has 1 unspecified atom stereocenters. The second-order valence-electron chi connectivity index (χ2n) is 6.74. The number of benzene rings is 2. The number of aromatic nitrogens is 2. The SMILES string of the molecule is COc1cc(C2C(C#N)=C(N)Oc3[nH]nc(-c4ccc5c(c4)OCO5)c32)ccc1O. The van der Waals surface area contributed by atoms with Gasteiger partial charge < -0.3 is 29.8 Å². The van der Waals surface area contributed by atoms with E-state index in [1.165, 1.54) is 13.2 Å². The van der Waals surface area contributed by atoms with Gasteiger partial charge in [-0.05, 0) is 35.9 Å². The van der Waals surface area contributed by atoms with Crippen LogP contribution >= 0.6 is 0 Å². The minimum absolute atomic E-state index is 0.00724. The molecule has 3 heterocycles. The number of hydrogen-bond donors (Lipinski definition) is 3. The van der Waals surface area contributed by atoms with Gasteiger partial charge in [0.05, 0.1) is 18.6 Å². The van der Waals surface area contributed by atoms with Crippen molar-refractivity contribution < 1.29 is 24.1 Å². The Bertz CT molecular complexity index is 1240. The fraction of sp³-hybridized carbons (Fsp3) is 0.143. The van der Waals surface area contributed by atoms with Crippen molar-refractivity contribution in [1.82, 2.24) is 10.2 Å². The summed E-state index contributed by atoms with van der Waals surface area (Å²) in [7, 11) is 1.46. The van der Waals surface area contributed by atoms with E-state index in [0.717, 1.165) is 5.56 Å². The lowest BCUT2D eigenvalue weighted by atomic mass is 9.83. The molecule has 0 aliphatic carbocycles. The van der Waals surface area contributed by atoms with Crippen LogP contribution in [0.25, 0.3) is 11.3 Å². The molecule has 1 atom stereocenters. The number of phenols is 1. The van der Waals surface area contributed by atoms with Crippen LogP contribution in [0.1, 0.15) is 17.0 Å². The standard InChI is InChI=1S/C21H16N4O5/c1-27-15-6-10(2-4-13(15)26)17-12(8-22)20(23)30-21-18(17)19(24-25-21)11-3-5-14-16(7-11)29-9-28-14/h2-7,17,26H,9,23H2,1H3,(H,24,25). The summed E-state index contributed by atoms with van der Waals surface area (Å²) < 4.78 is 21.7. The van der Waals surface area contributed by atoms with E-state index in [4.69, 9.17) is 24.7 Å². The fourth-order valence-electron chi connectivity index (χ4n) is 3.72. The number of hydrogen-bond acceptors (Lipinski definition) is 8. The summed E-state index contributed by atoms with van der Waals surface area (Å²) in [5, 5.41) is 27.1. The molecule has 0 fully saturated rings. The number of methoxy groups -OCH3 is 1. The minimum Gasteiger partial charge on any atom is -0.504 e. The lowest BCUT2D eigenvalue weighted by Gasteiger charge is -2.24. The van der Waals surface area contributed by atoms with Crippen LogP contribution in [0.4, 0.5) is 0 Å². The van der Waals surface area contributed by atoms with Crippen LogP contribution in [-0.4, -0.2) is 29.2 Å². The summed E-state index contributed by atoms with van der Waals surface area (Å²) >= 11 is 0. The number of nitrogens with zero attached hydrogens (tertiary/aromatic N) is 2. The molecule has 2 aliphatic rings. The highest BCUT2D eigenvalue weighted by Crippen LogP contribution is 2.47. The molecule has 5 rings (SSSR count). The first-order valence-electron chi connectivity index (χ1n) is 9.03. The molecule has 0 amide bonds. The Morgan fingerprint density at radius 2 is 2.07 bits per heavy atom. The summed E-state index contributed by atoms with van der Waals surface area (Å²) in [5.74, 6) is 1.30. The highest BCUT2D eigenvalue weighted by molar-refractivity contribution is 5.73. The van der Waals surface area contributed by atoms with Gasteiger partial charge in [-0.15, -0.1) is 0 Å². The molecule has 0 radical (unpaired) electrons. The van der Waals surface area contributed by atoms with Gasteiger partial charge in [0.25, 0.3) is 0 Å². The first-order chi connectivity index (χ1) is 14.6. The number of allylic oxidation sites excluding steroid dienone is 1. The number of aromatic hydroxyl groups is 1. The highest BCUT2D eigenvalue weighted by atomic mass is 16.7. The van der Waals surface area contributed by atoms with E-state index in [1.54, 1.807) is 18.2 Å². The molecule has 2 aliphatic heterocycles. The van der Waals surface area contributed by atoms with Crippen molar-refractivity contribution in [3.63, 3.8) is 0 Å². The zero-order valence-electron chi connectivity index (χ0n) is 15.8. The van der Waals surface area contributed by atoms with E-state index in [0.29, 0.717) is 34.2 Å². The van der Waals surface area contributed by atoms with Crippen molar-refractivity contribution in [1.29, 1.82) is 5.26 Å². The topological polar surface area (TPSA) is 136 Å². The molecule has 2 aromatic carbocycles. The molecule has 4 N–H and O–H groups in total. The third kappa shape index (κ3) is 2.58. The smallest absolute Gasteiger partial charge is 0.231 e. The number of nitrogens with one attached hydrogen (secondary N) is 1. The number of H-pyrrole nitrogens is 1. The van der Waals surface area contributed by atoms with Gasteiger partial charge in [0.1, 0.15) is 17.3 Å². The Kier molecular flexibility index (Phi) is 3.93. The number of phenolic OH excluding ortho intramolecular Hbond substituents is 1. The molecular formula is C21H16N4O5. The summed E-state index contributed by atoms with van der Waals surface area (Å²) in [4.78, 5) is 0. The second kappa shape index (κ2) is 6.63. The molecule has 0 saturated carbocycles. The van der Waals surface area contributed by atoms with Gasteiger partial charge in [-0.25, -0.2) is 5.10 Å². The molecule has 0 spiro atoms. The van der Waals surface area contributed by atoms with Gasteiger partial charge in [-0.2, -0.15) is 10.4 Å². The maximum Gasteiger partial charge on any atom is 0.231 e. The fourth-order valence-corrected chi connectivity index (χ4v) is 3.72. The van der Waals surface area contributed by atoms with Crippen LogP contribution in [-0.2, 0) is 0 Å². The largest absolute Gasteiger partial charge is 0.504 e. The van der Waals surface area contributed by atoms with Gasteiger partial charge in [0.2, 0.25) is 18.6 Å². The molecule has 0 saturated heterocycles.